The van der Waals surface area contributed by atoms with Gasteiger partial charge in [0.1, 0.15) is 5.82 Å². The van der Waals surface area contributed by atoms with Gasteiger partial charge in [0, 0.05) is 29.6 Å². The molecule has 0 aliphatic rings. The molecule has 1 aromatic heterocycles. The molecular formula is C17H23FN4S2. The third-order valence-electron chi connectivity index (χ3n) is 3.21. The van der Waals surface area contributed by atoms with Crippen LogP contribution in [0.25, 0.3) is 0 Å². The molecule has 7 heteroatoms. The molecule has 2 rings (SSSR count). The number of benzene rings is 1. The fraction of sp³-hybridized carbons (Fsp3) is 0.412. The van der Waals surface area contributed by atoms with Gasteiger partial charge in [-0.15, -0.1) is 23.1 Å². The van der Waals surface area contributed by atoms with Crippen molar-refractivity contribution in [3.05, 3.63) is 46.2 Å². The summed E-state index contributed by atoms with van der Waals surface area (Å²) in [6.45, 7) is 6.20. The van der Waals surface area contributed by atoms with Crippen LogP contribution in [-0.4, -0.2) is 41.7 Å². The second-order valence-corrected chi connectivity index (χ2v) is 7.43. The van der Waals surface area contributed by atoms with Crippen molar-refractivity contribution in [3.8, 4) is 0 Å². The normalized spacial score (nSPS) is 11.6. The Balaban J connectivity index is 1.88. The number of aryl methyl sites for hydroxylation is 1. The van der Waals surface area contributed by atoms with Gasteiger partial charge in [-0.3, -0.25) is 4.99 Å². The maximum Gasteiger partial charge on any atom is 0.194 e. The van der Waals surface area contributed by atoms with Gasteiger partial charge >= 0.3 is 0 Å². The van der Waals surface area contributed by atoms with Crippen LogP contribution in [0.2, 0.25) is 0 Å². The topological polar surface area (TPSA) is 40.5 Å². The van der Waals surface area contributed by atoms with Gasteiger partial charge in [-0.25, -0.2) is 9.37 Å². The molecule has 0 aliphatic carbocycles. The van der Waals surface area contributed by atoms with Gasteiger partial charge in [0.05, 0.1) is 23.8 Å². The lowest BCUT2D eigenvalue weighted by molar-refractivity contribution is 0.471. The van der Waals surface area contributed by atoms with Crippen molar-refractivity contribution >= 4 is 29.1 Å². The molecule has 0 bridgehead atoms. The van der Waals surface area contributed by atoms with Crippen molar-refractivity contribution < 1.29 is 4.39 Å². The van der Waals surface area contributed by atoms with E-state index in [2.05, 4.69) is 25.6 Å². The first kappa shape index (κ1) is 18.7. The number of nitrogens with one attached hydrogen (secondary N) is 1. The number of nitrogens with zero attached hydrogens (tertiary/aromatic N) is 3. The first-order valence-corrected chi connectivity index (χ1v) is 9.74. The average Bonchev–Trinajstić information content (AvgIpc) is 2.96. The Hall–Kier alpha value is -1.60. The van der Waals surface area contributed by atoms with Crippen LogP contribution in [0.3, 0.4) is 0 Å². The highest BCUT2D eigenvalue weighted by atomic mass is 32.2. The van der Waals surface area contributed by atoms with E-state index in [9.17, 15) is 4.39 Å². The quantitative estimate of drug-likeness (QED) is 0.350. The lowest BCUT2D eigenvalue weighted by Crippen LogP contribution is -2.38. The minimum Gasteiger partial charge on any atom is -0.357 e. The Labute approximate surface area is 151 Å². The zero-order valence-corrected chi connectivity index (χ0v) is 15.9. The fourth-order valence-electron chi connectivity index (χ4n) is 2.14. The average molecular weight is 367 g/mol. The zero-order valence-electron chi connectivity index (χ0n) is 14.3. The van der Waals surface area contributed by atoms with E-state index in [1.807, 2.05) is 27.0 Å². The molecule has 0 fully saturated rings. The Morgan fingerprint density at radius 2 is 2.21 bits per heavy atom. The highest BCUT2D eigenvalue weighted by Crippen LogP contribution is 2.20. The van der Waals surface area contributed by atoms with Crippen molar-refractivity contribution in [1.29, 1.82) is 0 Å². The molecular weight excluding hydrogens is 343 g/mol. The number of thioether (sulfide) groups is 1. The highest BCUT2D eigenvalue weighted by Gasteiger charge is 2.08. The van der Waals surface area contributed by atoms with Crippen LogP contribution >= 0.6 is 23.1 Å². The Bertz CT molecular complexity index is 672. The molecule has 0 saturated carbocycles. The molecule has 24 heavy (non-hydrogen) atoms. The second kappa shape index (κ2) is 9.64. The molecule has 130 valence electrons. The summed E-state index contributed by atoms with van der Waals surface area (Å²) >= 11 is 3.14. The van der Waals surface area contributed by atoms with Gasteiger partial charge in [0.25, 0.3) is 0 Å². The van der Waals surface area contributed by atoms with Gasteiger partial charge in [-0.05, 0) is 26.0 Å². The number of hydrogen-bond donors (Lipinski definition) is 1. The van der Waals surface area contributed by atoms with Gasteiger partial charge in [-0.1, -0.05) is 12.1 Å². The summed E-state index contributed by atoms with van der Waals surface area (Å²) in [7, 11) is 2.00. The van der Waals surface area contributed by atoms with Crippen molar-refractivity contribution in [1.82, 2.24) is 15.2 Å². The van der Waals surface area contributed by atoms with Gasteiger partial charge in [-0.2, -0.15) is 0 Å². The molecule has 2 aromatic rings. The number of aromatic nitrogens is 1. The molecule has 0 atom stereocenters. The van der Waals surface area contributed by atoms with Gasteiger partial charge in [0.2, 0.25) is 0 Å². The Morgan fingerprint density at radius 1 is 1.42 bits per heavy atom. The van der Waals surface area contributed by atoms with E-state index in [1.165, 1.54) is 17.8 Å². The molecule has 0 spiro atoms. The fourth-order valence-corrected chi connectivity index (χ4v) is 3.52. The smallest absolute Gasteiger partial charge is 0.194 e. The number of hydrogen-bond acceptors (Lipinski definition) is 4. The molecule has 1 heterocycles. The van der Waals surface area contributed by atoms with E-state index in [4.69, 9.17) is 0 Å². The molecule has 4 nitrogen and oxygen atoms in total. The van der Waals surface area contributed by atoms with Crippen molar-refractivity contribution in [3.63, 3.8) is 0 Å². The zero-order chi connectivity index (χ0) is 17.4. The summed E-state index contributed by atoms with van der Waals surface area (Å²) in [5, 5.41) is 6.43. The van der Waals surface area contributed by atoms with E-state index < -0.39 is 0 Å². The summed E-state index contributed by atoms with van der Waals surface area (Å²) in [6, 6.07) is 6.84. The van der Waals surface area contributed by atoms with E-state index in [1.54, 1.807) is 23.5 Å². The van der Waals surface area contributed by atoms with Crippen molar-refractivity contribution in [2.75, 3.05) is 25.9 Å². The van der Waals surface area contributed by atoms with Crippen molar-refractivity contribution in [2.45, 2.75) is 25.3 Å². The molecule has 0 aliphatic heterocycles. The molecule has 0 radical (unpaired) electrons. The number of halogens is 1. The highest BCUT2D eigenvalue weighted by molar-refractivity contribution is 7.99. The van der Waals surface area contributed by atoms with E-state index in [0.717, 1.165) is 35.5 Å². The summed E-state index contributed by atoms with van der Waals surface area (Å²) in [5.74, 6) is 1.41. The molecule has 0 saturated heterocycles. The molecule has 0 amide bonds. The summed E-state index contributed by atoms with van der Waals surface area (Å²) in [4.78, 5) is 11.8. The largest absolute Gasteiger partial charge is 0.357 e. The lowest BCUT2D eigenvalue weighted by atomic mass is 10.3. The first-order valence-electron chi connectivity index (χ1n) is 7.88. The summed E-state index contributed by atoms with van der Waals surface area (Å²) in [6.07, 6.45) is 0. The summed E-state index contributed by atoms with van der Waals surface area (Å²) < 4.78 is 13.6. The predicted molar refractivity (Wildman–Crippen MR) is 101 cm³/mol. The van der Waals surface area contributed by atoms with Crippen LogP contribution in [0.4, 0.5) is 4.39 Å². The van der Waals surface area contributed by atoms with E-state index in [-0.39, 0.29) is 5.82 Å². The second-order valence-electron chi connectivity index (χ2n) is 5.23. The monoisotopic (exact) mass is 366 g/mol. The predicted octanol–water partition coefficient (Wildman–Crippen LogP) is 3.78. The molecule has 0 unspecified atom stereocenters. The Morgan fingerprint density at radius 3 is 2.88 bits per heavy atom. The maximum atomic E-state index is 13.6. The molecule has 1 N–H and O–H groups in total. The van der Waals surface area contributed by atoms with E-state index >= 15 is 0 Å². The third-order valence-corrected chi connectivity index (χ3v) is 5.06. The number of aliphatic imine (C=N–C) groups is 1. The van der Waals surface area contributed by atoms with Crippen LogP contribution in [0, 0.1) is 12.7 Å². The minimum atomic E-state index is -0.172. The summed E-state index contributed by atoms with van der Waals surface area (Å²) in [5.41, 5.74) is 1.05. The standard InChI is InChI=1S/C17H23FN4S2/c1-4-19-17(22(3)11-14-12-24-13(2)21-14)20-9-10-23-16-8-6-5-7-15(16)18/h5-8,12H,4,9-11H2,1-3H3,(H,19,20). The number of guanidine groups is 1. The first-order chi connectivity index (χ1) is 11.6. The Kier molecular flexibility index (Phi) is 7.52. The van der Waals surface area contributed by atoms with Crippen LogP contribution < -0.4 is 5.32 Å². The maximum absolute atomic E-state index is 13.6. The SMILES string of the molecule is CCNC(=NCCSc1ccccc1F)N(C)Cc1csc(C)n1. The van der Waals surface area contributed by atoms with Gasteiger partial charge in [0.15, 0.2) is 5.96 Å². The van der Waals surface area contributed by atoms with Gasteiger partial charge < -0.3 is 10.2 Å². The van der Waals surface area contributed by atoms with Crippen LogP contribution in [0.1, 0.15) is 17.6 Å². The van der Waals surface area contributed by atoms with Crippen LogP contribution in [-0.2, 0) is 6.54 Å². The third kappa shape index (κ3) is 5.79. The van der Waals surface area contributed by atoms with Crippen molar-refractivity contribution in [2.24, 2.45) is 4.99 Å². The molecule has 1 aromatic carbocycles. The minimum absolute atomic E-state index is 0.172. The van der Waals surface area contributed by atoms with Crippen LogP contribution in [0.5, 0.6) is 0 Å². The number of thiazole rings is 1. The lowest BCUT2D eigenvalue weighted by Gasteiger charge is -2.21. The number of rotatable bonds is 7. The van der Waals surface area contributed by atoms with Crippen LogP contribution in [0.15, 0.2) is 39.5 Å². The van der Waals surface area contributed by atoms with E-state index in [0.29, 0.717) is 11.4 Å².